The van der Waals surface area contributed by atoms with Gasteiger partial charge in [-0.05, 0) is 19.1 Å². The molecule has 0 saturated carbocycles. The molecule has 0 radical (unpaired) electrons. The van der Waals surface area contributed by atoms with Crippen LogP contribution in [0.4, 0.5) is 5.69 Å². The molecule has 3 rings (SSSR count). The van der Waals surface area contributed by atoms with Crippen molar-refractivity contribution < 1.29 is 63.5 Å². The number of rotatable bonds is 11. The summed E-state index contributed by atoms with van der Waals surface area (Å²) in [5.41, 5.74) is 0.0743. The molecule has 214 valence electrons. The lowest BCUT2D eigenvalue weighted by Crippen LogP contribution is -2.60. The predicted octanol–water partition coefficient (Wildman–Crippen LogP) is 0.591. The normalized spacial score (nSPS) is 22.5. The van der Waals surface area contributed by atoms with Crippen molar-refractivity contribution >= 4 is 17.6 Å². The summed E-state index contributed by atoms with van der Waals surface area (Å²) in [4.78, 5) is 24.3. The molecule has 0 spiro atoms. The Morgan fingerprint density at radius 3 is 2.05 bits per heavy atom. The SMILES string of the molecule is CCNc1cc(O[C@H]2O[C@H](COC(=O)c3cc(OC)c(O)c(OC)c3)[C@@H](O)[C@H](O)[C@H]2O)c(OC)cc1C(=O)O. The van der Waals surface area contributed by atoms with Crippen molar-refractivity contribution in [2.75, 3.05) is 39.8 Å². The molecule has 0 unspecified atom stereocenters. The number of hydrogen-bond donors (Lipinski definition) is 6. The van der Waals surface area contributed by atoms with Crippen LogP contribution < -0.4 is 24.3 Å². The first kappa shape index (κ1) is 29.6. The number of aromatic hydroxyl groups is 1. The first-order valence-electron chi connectivity index (χ1n) is 11.7. The van der Waals surface area contributed by atoms with Crippen LogP contribution >= 0.6 is 0 Å². The van der Waals surface area contributed by atoms with Crippen molar-refractivity contribution in [3.8, 4) is 28.7 Å². The molecule has 1 fully saturated rings. The summed E-state index contributed by atoms with van der Waals surface area (Å²) >= 11 is 0. The lowest BCUT2D eigenvalue weighted by molar-refractivity contribution is -0.277. The van der Waals surface area contributed by atoms with Gasteiger partial charge in [-0.25, -0.2) is 9.59 Å². The lowest BCUT2D eigenvalue weighted by Gasteiger charge is -2.40. The molecule has 14 heteroatoms. The number of aromatic carboxylic acids is 1. The predicted molar refractivity (Wildman–Crippen MR) is 133 cm³/mol. The molecule has 6 N–H and O–H groups in total. The van der Waals surface area contributed by atoms with Crippen molar-refractivity contribution in [2.24, 2.45) is 0 Å². The highest BCUT2D eigenvalue weighted by molar-refractivity contribution is 5.95. The number of phenolic OH excluding ortho intramolecular Hbond substituents is 1. The van der Waals surface area contributed by atoms with Crippen molar-refractivity contribution in [1.82, 2.24) is 0 Å². The molecule has 0 amide bonds. The maximum absolute atomic E-state index is 12.7. The number of benzene rings is 2. The Hall–Kier alpha value is -3.98. The monoisotopic (exact) mass is 553 g/mol. The van der Waals surface area contributed by atoms with E-state index in [4.69, 9.17) is 28.4 Å². The van der Waals surface area contributed by atoms with Gasteiger partial charge in [0.05, 0.1) is 38.1 Å². The van der Waals surface area contributed by atoms with Gasteiger partial charge < -0.3 is 59.3 Å². The zero-order valence-electron chi connectivity index (χ0n) is 21.6. The van der Waals surface area contributed by atoms with E-state index in [0.29, 0.717) is 6.54 Å². The Balaban J connectivity index is 1.80. The van der Waals surface area contributed by atoms with Crippen molar-refractivity contribution in [1.29, 1.82) is 0 Å². The lowest BCUT2D eigenvalue weighted by atomic mass is 9.99. The molecule has 5 atom stereocenters. The number of nitrogens with one attached hydrogen (secondary N) is 1. The van der Waals surface area contributed by atoms with Gasteiger partial charge in [-0.1, -0.05) is 0 Å². The molecule has 1 heterocycles. The fraction of sp³-hybridized carbons (Fsp3) is 0.440. The van der Waals surface area contributed by atoms with Crippen LogP contribution in [0.25, 0.3) is 0 Å². The number of anilines is 1. The highest BCUT2D eigenvalue weighted by atomic mass is 16.7. The van der Waals surface area contributed by atoms with Crippen LogP contribution in [0.5, 0.6) is 28.7 Å². The topological polar surface area (TPSA) is 203 Å². The van der Waals surface area contributed by atoms with Crippen LogP contribution in [0.1, 0.15) is 27.6 Å². The fourth-order valence-electron chi connectivity index (χ4n) is 3.85. The number of phenols is 1. The van der Waals surface area contributed by atoms with Crippen LogP contribution in [0.2, 0.25) is 0 Å². The standard InChI is InChI=1S/C25H31NO13/c1-5-26-13-9-15(14(34-2)8-12(13)23(31)32)38-25-22(30)21(29)20(28)18(39-25)10-37-24(33)11-6-16(35-3)19(27)17(7-11)36-4/h6-9,18,20-22,25-30H,5,10H2,1-4H3,(H,31,32)/t18-,20-,21+,22-,25+/m1/s1. The van der Waals surface area contributed by atoms with Crippen LogP contribution in [-0.2, 0) is 9.47 Å². The Kier molecular flexibility index (Phi) is 9.64. The third-order valence-corrected chi connectivity index (χ3v) is 5.91. The van der Waals surface area contributed by atoms with Gasteiger partial charge in [-0.15, -0.1) is 0 Å². The highest BCUT2D eigenvalue weighted by Gasteiger charge is 2.46. The van der Waals surface area contributed by atoms with E-state index in [9.17, 15) is 35.1 Å². The molecular formula is C25H31NO13. The Morgan fingerprint density at radius 2 is 1.51 bits per heavy atom. The minimum Gasteiger partial charge on any atom is -0.502 e. The molecule has 1 saturated heterocycles. The number of carboxylic acids is 1. The number of methoxy groups -OCH3 is 3. The number of hydrogen-bond acceptors (Lipinski definition) is 13. The molecule has 14 nitrogen and oxygen atoms in total. The molecule has 0 aliphatic carbocycles. The summed E-state index contributed by atoms with van der Waals surface area (Å²) in [7, 11) is 3.86. The average molecular weight is 554 g/mol. The largest absolute Gasteiger partial charge is 0.502 e. The maximum atomic E-state index is 12.7. The van der Waals surface area contributed by atoms with Gasteiger partial charge in [0.25, 0.3) is 0 Å². The number of aliphatic hydroxyl groups is 3. The second-order valence-electron chi connectivity index (χ2n) is 8.34. The van der Waals surface area contributed by atoms with Gasteiger partial charge in [0.1, 0.15) is 31.0 Å². The van der Waals surface area contributed by atoms with E-state index in [1.165, 1.54) is 45.6 Å². The summed E-state index contributed by atoms with van der Waals surface area (Å²) in [6.07, 6.45) is -8.05. The van der Waals surface area contributed by atoms with E-state index >= 15 is 0 Å². The minimum absolute atomic E-state index is 0.00340. The van der Waals surface area contributed by atoms with Crippen LogP contribution in [0.3, 0.4) is 0 Å². The summed E-state index contributed by atoms with van der Waals surface area (Å²) in [6, 6.07) is 4.99. The Morgan fingerprint density at radius 1 is 0.897 bits per heavy atom. The number of carboxylic acid groups (broad SMARTS) is 1. The van der Waals surface area contributed by atoms with E-state index < -0.39 is 49.3 Å². The smallest absolute Gasteiger partial charge is 0.338 e. The number of ether oxygens (including phenoxy) is 6. The van der Waals surface area contributed by atoms with Crippen molar-refractivity contribution in [3.05, 3.63) is 35.4 Å². The second kappa shape index (κ2) is 12.7. The highest BCUT2D eigenvalue weighted by Crippen LogP contribution is 2.38. The van der Waals surface area contributed by atoms with Gasteiger partial charge in [0, 0.05) is 18.7 Å². The van der Waals surface area contributed by atoms with Crippen LogP contribution in [0.15, 0.2) is 24.3 Å². The Bertz CT molecular complexity index is 1160. The second-order valence-corrected chi connectivity index (χ2v) is 8.34. The molecule has 1 aliphatic rings. The fourth-order valence-corrected chi connectivity index (χ4v) is 3.85. The number of esters is 1. The van der Waals surface area contributed by atoms with Crippen molar-refractivity contribution in [2.45, 2.75) is 37.6 Å². The van der Waals surface area contributed by atoms with E-state index in [-0.39, 0.29) is 45.6 Å². The zero-order valence-corrected chi connectivity index (χ0v) is 21.6. The summed E-state index contributed by atoms with van der Waals surface area (Å²) in [5.74, 6) is -2.52. The van der Waals surface area contributed by atoms with E-state index in [0.717, 1.165) is 0 Å². The van der Waals surface area contributed by atoms with E-state index in [2.05, 4.69) is 5.32 Å². The molecular weight excluding hydrogens is 522 g/mol. The van der Waals surface area contributed by atoms with Gasteiger partial charge in [0.15, 0.2) is 23.0 Å². The van der Waals surface area contributed by atoms with Gasteiger partial charge in [-0.3, -0.25) is 0 Å². The molecule has 2 aromatic carbocycles. The van der Waals surface area contributed by atoms with Gasteiger partial charge in [0.2, 0.25) is 12.0 Å². The average Bonchev–Trinajstić information content (AvgIpc) is 2.92. The first-order chi connectivity index (χ1) is 18.6. The minimum atomic E-state index is -1.75. The van der Waals surface area contributed by atoms with Crippen molar-refractivity contribution in [3.63, 3.8) is 0 Å². The Labute approximate surface area is 223 Å². The molecule has 2 aromatic rings. The van der Waals surface area contributed by atoms with Crippen LogP contribution in [-0.4, -0.2) is 103 Å². The summed E-state index contributed by atoms with van der Waals surface area (Å²) in [5, 5.41) is 53.8. The number of carbonyl (C=O) groups excluding carboxylic acids is 1. The molecule has 1 aliphatic heterocycles. The zero-order chi connectivity index (χ0) is 28.9. The van der Waals surface area contributed by atoms with Gasteiger partial charge >= 0.3 is 11.9 Å². The van der Waals surface area contributed by atoms with Crippen LogP contribution in [0, 0.1) is 0 Å². The molecule has 0 aromatic heterocycles. The third-order valence-electron chi connectivity index (χ3n) is 5.91. The van der Waals surface area contributed by atoms with Gasteiger partial charge in [-0.2, -0.15) is 0 Å². The summed E-state index contributed by atoms with van der Waals surface area (Å²) < 4.78 is 31.8. The maximum Gasteiger partial charge on any atom is 0.338 e. The molecule has 0 bridgehead atoms. The summed E-state index contributed by atoms with van der Waals surface area (Å²) in [6.45, 7) is 1.59. The first-order valence-corrected chi connectivity index (χ1v) is 11.7. The van der Waals surface area contributed by atoms with E-state index in [1.54, 1.807) is 6.92 Å². The molecule has 39 heavy (non-hydrogen) atoms. The third kappa shape index (κ3) is 6.37. The van der Waals surface area contributed by atoms with E-state index in [1.807, 2.05) is 0 Å². The number of aliphatic hydroxyl groups excluding tert-OH is 3. The quantitative estimate of drug-likeness (QED) is 0.211. The number of carbonyl (C=O) groups is 2.